The van der Waals surface area contributed by atoms with Crippen LogP contribution in [0.25, 0.3) is 0 Å². The maximum Gasteiger partial charge on any atom is 0.226 e. The highest BCUT2D eigenvalue weighted by Gasteiger charge is 2.33. The number of hydrogen-bond donors (Lipinski definition) is 2. The molecule has 0 saturated carbocycles. The summed E-state index contributed by atoms with van der Waals surface area (Å²) in [5.74, 6) is 0.288. The zero-order valence-corrected chi connectivity index (χ0v) is 10.00. The second-order valence-electron chi connectivity index (χ2n) is 4.75. The van der Waals surface area contributed by atoms with Crippen LogP contribution in [-0.2, 0) is 9.53 Å². The van der Waals surface area contributed by atoms with Crippen molar-refractivity contribution in [1.82, 2.24) is 10.6 Å². The molecule has 16 heavy (non-hydrogen) atoms. The van der Waals surface area contributed by atoms with Crippen LogP contribution in [0.1, 0.15) is 32.6 Å². The summed E-state index contributed by atoms with van der Waals surface area (Å²) in [4.78, 5) is 12.1. The Kier molecular flexibility index (Phi) is 4.18. The quantitative estimate of drug-likeness (QED) is 0.743. The molecule has 2 aliphatic heterocycles. The molecule has 0 aliphatic carbocycles. The van der Waals surface area contributed by atoms with Gasteiger partial charge < -0.3 is 15.4 Å². The van der Waals surface area contributed by atoms with Crippen LogP contribution >= 0.6 is 0 Å². The van der Waals surface area contributed by atoms with E-state index in [-0.39, 0.29) is 17.9 Å². The maximum absolute atomic E-state index is 12.1. The molecule has 2 aliphatic rings. The second-order valence-corrected chi connectivity index (χ2v) is 4.75. The molecule has 2 unspecified atom stereocenters. The highest BCUT2D eigenvalue weighted by Crippen LogP contribution is 2.23. The van der Waals surface area contributed by atoms with Crippen LogP contribution in [0.4, 0.5) is 0 Å². The van der Waals surface area contributed by atoms with Gasteiger partial charge in [-0.25, -0.2) is 0 Å². The monoisotopic (exact) mass is 226 g/mol. The molecule has 2 atom stereocenters. The molecule has 0 spiro atoms. The van der Waals surface area contributed by atoms with Gasteiger partial charge in [-0.05, 0) is 38.8 Å². The van der Waals surface area contributed by atoms with E-state index >= 15 is 0 Å². The van der Waals surface area contributed by atoms with E-state index in [9.17, 15) is 4.79 Å². The fourth-order valence-corrected chi connectivity index (χ4v) is 2.63. The smallest absolute Gasteiger partial charge is 0.226 e. The van der Waals surface area contributed by atoms with Gasteiger partial charge in [0.2, 0.25) is 5.91 Å². The standard InChI is InChI=1S/C12H22N2O2/c1-2-11-10(5-8-16-11)12(15)14-9-3-6-13-7-4-9/h9-11,13H,2-8H2,1H3,(H,14,15). The van der Waals surface area contributed by atoms with Crippen molar-refractivity contribution >= 4 is 5.91 Å². The topological polar surface area (TPSA) is 50.4 Å². The van der Waals surface area contributed by atoms with Crippen molar-refractivity contribution in [2.24, 2.45) is 5.92 Å². The summed E-state index contributed by atoms with van der Waals surface area (Å²) in [7, 11) is 0. The molecule has 2 N–H and O–H groups in total. The normalized spacial score (nSPS) is 31.6. The summed E-state index contributed by atoms with van der Waals surface area (Å²) >= 11 is 0. The van der Waals surface area contributed by atoms with Gasteiger partial charge in [0.15, 0.2) is 0 Å². The number of piperidine rings is 1. The Morgan fingerprint density at radius 2 is 2.12 bits per heavy atom. The summed E-state index contributed by atoms with van der Waals surface area (Å²) in [5.41, 5.74) is 0. The maximum atomic E-state index is 12.1. The Bertz CT molecular complexity index is 239. The first kappa shape index (κ1) is 11.9. The van der Waals surface area contributed by atoms with Gasteiger partial charge in [-0.15, -0.1) is 0 Å². The SMILES string of the molecule is CCC1OCCC1C(=O)NC1CCNCC1. The molecule has 2 rings (SSSR count). The van der Waals surface area contributed by atoms with Crippen LogP contribution in [0.3, 0.4) is 0 Å². The minimum atomic E-state index is 0.0832. The molecule has 0 radical (unpaired) electrons. The molecular weight excluding hydrogens is 204 g/mol. The van der Waals surface area contributed by atoms with Gasteiger partial charge in [0.25, 0.3) is 0 Å². The van der Waals surface area contributed by atoms with Crippen LogP contribution in [0.5, 0.6) is 0 Å². The van der Waals surface area contributed by atoms with Crippen molar-refractivity contribution in [3.8, 4) is 0 Å². The molecule has 0 aromatic rings. The van der Waals surface area contributed by atoms with E-state index in [2.05, 4.69) is 17.6 Å². The molecule has 2 saturated heterocycles. The molecular formula is C12H22N2O2. The Labute approximate surface area is 97.1 Å². The number of nitrogens with one attached hydrogen (secondary N) is 2. The van der Waals surface area contributed by atoms with Gasteiger partial charge in [0.05, 0.1) is 12.0 Å². The fraction of sp³-hybridized carbons (Fsp3) is 0.917. The summed E-state index contributed by atoms with van der Waals surface area (Å²) in [6.07, 6.45) is 4.06. The molecule has 4 nitrogen and oxygen atoms in total. The van der Waals surface area contributed by atoms with Crippen molar-refractivity contribution in [2.45, 2.75) is 44.8 Å². The summed E-state index contributed by atoms with van der Waals surface area (Å²) in [5, 5.41) is 6.47. The van der Waals surface area contributed by atoms with E-state index in [1.54, 1.807) is 0 Å². The molecule has 92 valence electrons. The number of amides is 1. The second kappa shape index (κ2) is 5.64. The van der Waals surface area contributed by atoms with E-state index in [0.29, 0.717) is 6.04 Å². The summed E-state index contributed by atoms with van der Waals surface area (Å²) in [6, 6.07) is 0.367. The number of ether oxygens (including phenoxy) is 1. The molecule has 1 amide bonds. The average Bonchev–Trinajstić information content (AvgIpc) is 2.78. The lowest BCUT2D eigenvalue weighted by Gasteiger charge is -2.26. The minimum Gasteiger partial charge on any atom is -0.377 e. The number of rotatable bonds is 3. The van der Waals surface area contributed by atoms with E-state index in [1.807, 2.05) is 0 Å². The molecule has 0 bridgehead atoms. The third kappa shape index (κ3) is 2.74. The lowest BCUT2D eigenvalue weighted by Crippen LogP contribution is -2.46. The molecule has 0 aromatic carbocycles. The molecule has 0 aromatic heterocycles. The van der Waals surface area contributed by atoms with E-state index in [0.717, 1.165) is 45.4 Å². The van der Waals surface area contributed by atoms with Crippen molar-refractivity contribution in [3.63, 3.8) is 0 Å². The predicted octanol–water partition coefficient (Wildman–Crippen LogP) is 0.670. The Morgan fingerprint density at radius 3 is 2.81 bits per heavy atom. The predicted molar refractivity (Wildman–Crippen MR) is 62.2 cm³/mol. The third-order valence-corrected chi connectivity index (χ3v) is 3.63. The zero-order valence-electron chi connectivity index (χ0n) is 10.00. The van der Waals surface area contributed by atoms with Crippen molar-refractivity contribution < 1.29 is 9.53 Å². The van der Waals surface area contributed by atoms with Gasteiger partial charge >= 0.3 is 0 Å². The highest BCUT2D eigenvalue weighted by molar-refractivity contribution is 5.79. The van der Waals surface area contributed by atoms with Gasteiger partial charge in [0.1, 0.15) is 0 Å². The largest absolute Gasteiger partial charge is 0.377 e. The van der Waals surface area contributed by atoms with E-state index < -0.39 is 0 Å². The van der Waals surface area contributed by atoms with Crippen LogP contribution in [-0.4, -0.2) is 37.7 Å². The van der Waals surface area contributed by atoms with E-state index in [4.69, 9.17) is 4.74 Å². The lowest BCUT2D eigenvalue weighted by molar-refractivity contribution is -0.127. The summed E-state index contributed by atoms with van der Waals surface area (Å²) in [6.45, 7) is 4.86. The molecule has 2 heterocycles. The first-order valence-electron chi connectivity index (χ1n) is 6.44. The van der Waals surface area contributed by atoms with Gasteiger partial charge in [-0.2, -0.15) is 0 Å². The van der Waals surface area contributed by atoms with Crippen molar-refractivity contribution in [2.75, 3.05) is 19.7 Å². The number of carbonyl (C=O) groups is 1. The summed E-state index contributed by atoms with van der Waals surface area (Å²) < 4.78 is 5.55. The number of hydrogen-bond acceptors (Lipinski definition) is 3. The van der Waals surface area contributed by atoms with Gasteiger partial charge in [-0.1, -0.05) is 6.92 Å². The van der Waals surface area contributed by atoms with Crippen molar-refractivity contribution in [1.29, 1.82) is 0 Å². The average molecular weight is 226 g/mol. The minimum absolute atomic E-state index is 0.0832. The first-order chi connectivity index (χ1) is 7.81. The fourth-order valence-electron chi connectivity index (χ4n) is 2.63. The third-order valence-electron chi connectivity index (χ3n) is 3.63. The van der Waals surface area contributed by atoms with Crippen LogP contribution < -0.4 is 10.6 Å². The highest BCUT2D eigenvalue weighted by atomic mass is 16.5. The Balaban J connectivity index is 1.82. The Hall–Kier alpha value is -0.610. The lowest BCUT2D eigenvalue weighted by atomic mass is 9.97. The molecule has 2 fully saturated rings. The zero-order chi connectivity index (χ0) is 11.4. The Morgan fingerprint density at radius 1 is 1.38 bits per heavy atom. The van der Waals surface area contributed by atoms with Crippen LogP contribution in [0.15, 0.2) is 0 Å². The first-order valence-corrected chi connectivity index (χ1v) is 6.44. The van der Waals surface area contributed by atoms with Crippen molar-refractivity contribution in [3.05, 3.63) is 0 Å². The van der Waals surface area contributed by atoms with Gasteiger partial charge in [-0.3, -0.25) is 4.79 Å². The van der Waals surface area contributed by atoms with E-state index in [1.165, 1.54) is 0 Å². The molecule has 4 heteroatoms. The number of carbonyl (C=O) groups excluding carboxylic acids is 1. The van der Waals surface area contributed by atoms with Gasteiger partial charge in [0, 0.05) is 12.6 Å². The van der Waals surface area contributed by atoms with Crippen LogP contribution in [0.2, 0.25) is 0 Å². The van der Waals surface area contributed by atoms with Crippen LogP contribution in [0, 0.1) is 5.92 Å².